The fourth-order valence-electron chi connectivity index (χ4n) is 4.42. The lowest BCUT2D eigenvalue weighted by Crippen LogP contribution is -2.49. The third-order valence-corrected chi connectivity index (χ3v) is 6.15. The Bertz CT molecular complexity index is 946. The average Bonchev–Trinajstić information content (AvgIpc) is 3.38. The summed E-state index contributed by atoms with van der Waals surface area (Å²) in [7, 11) is 2.22. The van der Waals surface area contributed by atoms with Gasteiger partial charge in [-0.15, -0.1) is 0 Å². The number of aromatic amines is 2. The zero-order valence-electron chi connectivity index (χ0n) is 15.8. The van der Waals surface area contributed by atoms with Crippen molar-refractivity contribution in [2.24, 2.45) is 0 Å². The molecule has 0 bridgehead atoms. The number of rotatable bonds is 3. The molecule has 6 heteroatoms. The Morgan fingerprint density at radius 1 is 1.07 bits per heavy atom. The maximum atomic E-state index is 4.66. The van der Waals surface area contributed by atoms with Gasteiger partial charge in [-0.1, -0.05) is 6.08 Å². The summed E-state index contributed by atoms with van der Waals surface area (Å²) < 4.78 is 0. The van der Waals surface area contributed by atoms with Crippen molar-refractivity contribution < 1.29 is 0 Å². The van der Waals surface area contributed by atoms with Crippen LogP contribution in [0.2, 0.25) is 0 Å². The van der Waals surface area contributed by atoms with Crippen LogP contribution >= 0.6 is 0 Å². The van der Waals surface area contributed by atoms with Crippen LogP contribution in [-0.4, -0.2) is 69.2 Å². The zero-order valence-corrected chi connectivity index (χ0v) is 15.8. The van der Waals surface area contributed by atoms with Gasteiger partial charge in [-0.05, 0) is 43.5 Å². The van der Waals surface area contributed by atoms with Crippen LogP contribution in [0.3, 0.4) is 0 Å². The molecule has 0 saturated carbocycles. The number of H-pyrrole nitrogens is 2. The SMILES string of the molecule is CN1CCN(C2CC=C(c3cnc4[nH]cc(-c5cn[nH]c5)c4c3)CC2)CC1. The predicted molar refractivity (Wildman–Crippen MR) is 108 cm³/mol. The van der Waals surface area contributed by atoms with E-state index in [0.29, 0.717) is 6.04 Å². The third kappa shape index (κ3) is 3.19. The molecule has 6 nitrogen and oxygen atoms in total. The van der Waals surface area contributed by atoms with Crippen molar-refractivity contribution in [1.29, 1.82) is 0 Å². The van der Waals surface area contributed by atoms with Crippen LogP contribution in [0.15, 0.2) is 36.9 Å². The topological polar surface area (TPSA) is 63.8 Å². The molecule has 5 rings (SSSR count). The molecule has 1 fully saturated rings. The summed E-state index contributed by atoms with van der Waals surface area (Å²) in [5, 5.41) is 8.14. The highest BCUT2D eigenvalue weighted by Crippen LogP contribution is 2.33. The van der Waals surface area contributed by atoms with Crippen LogP contribution in [0.4, 0.5) is 0 Å². The van der Waals surface area contributed by atoms with Crippen LogP contribution < -0.4 is 0 Å². The van der Waals surface area contributed by atoms with Gasteiger partial charge >= 0.3 is 0 Å². The second-order valence-electron chi connectivity index (χ2n) is 7.81. The largest absolute Gasteiger partial charge is 0.346 e. The molecule has 1 aliphatic carbocycles. The molecule has 0 radical (unpaired) electrons. The molecule has 1 saturated heterocycles. The Kier molecular flexibility index (Phi) is 4.30. The smallest absolute Gasteiger partial charge is 0.137 e. The highest BCUT2D eigenvalue weighted by Gasteiger charge is 2.24. The molecule has 140 valence electrons. The van der Waals surface area contributed by atoms with Gasteiger partial charge in [0.15, 0.2) is 0 Å². The van der Waals surface area contributed by atoms with Crippen LogP contribution in [0.5, 0.6) is 0 Å². The van der Waals surface area contributed by atoms with Crippen molar-refractivity contribution in [2.75, 3.05) is 33.2 Å². The van der Waals surface area contributed by atoms with E-state index in [1.165, 1.54) is 43.7 Å². The molecular weight excluding hydrogens is 336 g/mol. The number of piperazine rings is 1. The Morgan fingerprint density at radius 3 is 2.70 bits per heavy atom. The van der Waals surface area contributed by atoms with E-state index < -0.39 is 0 Å². The summed E-state index contributed by atoms with van der Waals surface area (Å²) in [6, 6.07) is 2.98. The fraction of sp³-hybridized carbons (Fsp3) is 0.429. The molecule has 1 atom stereocenters. The van der Waals surface area contributed by atoms with Gasteiger partial charge in [-0.3, -0.25) is 10.00 Å². The molecule has 2 aliphatic rings. The number of allylic oxidation sites excluding steroid dienone is 1. The van der Waals surface area contributed by atoms with E-state index in [-0.39, 0.29) is 0 Å². The number of fused-ring (bicyclic) bond motifs is 1. The van der Waals surface area contributed by atoms with Crippen molar-refractivity contribution in [3.05, 3.63) is 42.5 Å². The highest BCUT2D eigenvalue weighted by atomic mass is 15.3. The summed E-state index contributed by atoms with van der Waals surface area (Å²) in [5.41, 5.74) is 5.87. The minimum atomic E-state index is 0.702. The summed E-state index contributed by atoms with van der Waals surface area (Å²) in [6.07, 6.45) is 13.8. The molecule has 4 heterocycles. The molecule has 0 aromatic carbocycles. The average molecular weight is 362 g/mol. The van der Waals surface area contributed by atoms with Crippen molar-refractivity contribution in [1.82, 2.24) is 30.0 Å². The van der Waals surface area contributed by atoms with Gasteiger partial charge in [-0.2, -0.15) is 5.10 Å². The van der Waals surface area contributed by atoms with Crippen molar-refractivity contribution >= 4 is 16.6 Å². The Labute approximate surface area is 159 Å². The zero-order chi connectivity index (χ0) is 18.2. The molecule has 27 heavy (non-hydrogen) atoms. The van der Waals surface area contributed by atoms with Gasteiger partial charge in [-0.25, -0.2) is 4.98 Å². The molecule has 3 aromatic heterocycles. The van der Waals surface area contributed by atoms with Crippen LogP contribution in [-0.2, 0) is 0 Å². The van der Waals surface area contributed by atoms with Crippen molar-refractivity contribution in [3.8, 4) is 11.1 Å². The molecule has 0 spiro atoms. The van der Waals surface area contributed by atoms with E-state index in [9.17, 15) is 0 Å². The van der Waals surface area contributed by atoms with E-state index in [1.807, 2.05) is 24.8 Å². The quantitative estimate of drug-likeness (QED) is 0.751. The van der Waals surface area contributed by atoms with Gasteiger partial charge in [0.2, 0.25) is 0 Å². The molecule has 1 aliphatic heterocycles. The number of aromatic nitrogens is 4. The third-order valence-electron chi connectivity index (χ3n) is 6.15. The molecular formula is C21H26N6. The van der Waals surface area contributed by atoms with Crippen molar-refractivity contribution in [2.45, 2.75) is 25.3 Å². The van der Waals surface area contributed by atoms with Gasteiger partial charge in [0.05, 0.1) is 6.20 Å². The summed E-state index contributed by atoms with van der Waals surface area (Å²) >= 11 is 0. The highest BCUT2D eigenvalue weighted by molar-refractivity contribution is 5.94. The fourth-order valence-corrected chi connectivity index (χ4v) is 4.42. The first kappa shape index (κ1) is 16.7. The normalized spacial score (nSPS) is 22.3. The van der Waals surface area contributed by atoms with Gasteiger partial charge < -0.3 is 9.88 Å². The van der Waals surface area contributed by atoms with E-state index in [1.54, 1.807) is 0 Å². The number of hydrogen-bond donors (Lipinski definition) is 2. The van der Waals surface area contributed by atoms with Crippen LogP contribution in [0, 0.1) is 0 Å². The first-order chi connectivity index (χ1) is 13.3. The van der Waals surface area contributed by atoms with E-state index in [0.717, 1.165) is 35.0 Å². The molecule has 2 N–H and O–H groups in total. The van der Waals surface area contributed by atoms with Gasteiger partial charge in [0.25, 0.3) is 0 Å². The number of hydrogen-bond acceptors (Lipinski definition) is 4. The summed E-state index contributed by atoms with van der Waals surface area (Å²) in [6.45, 7) is 4.79. The number of nitrogens with zero attached hydrogens (tertiary/aromatic N) is 4. The second kappa shape index (κ2) is 6.94. The maximum Gasteiger partial charge on any atom is 0.137 e. The maximum absolute atomic E-state index is 4.66. The standard InChI is InChI=1S/C21H26N6/c1-26-6-8-27(9-7-26)18-4-2-15(3-5-18)16-10-19-20(17-12-24-25-13-17)14-23-21(19)22-11-16/h2,10-14,18H,3-9H2,1H3,(H,22,23)(H,24,25). The number of pyridine rings is 1. The minimum absolute atomic E-state index is 0.702. The molecule has 1 unspecified atom stereocenters. The summed E-state index contributed by atoms with van der Waals surface area (Å²) in [4.78, 5) is 13.0. The van der Waals surface area contributed by atoms with E-state index in [2.05, 4.69) is 49.2 Å². The second-order valence-corrected chi connectivity index (χ2v) is 7.81. The van der Waals surface area contributed by atoms with E-state index >= 15 is 0 Å². The Morgan fingerprint density at radius 2 is 1.96 bits per heavy atom. The lowest BCUT2D eigenvalue weighted by Gasteiger charge is -2.39. The van der Waals surface area contributed by atoms with Gasteiger partial charge in [0.1, 0.15) is 5.65 Å². The minimum Gasteiger partial charge on any atom is -0.346 e. The van der Waals surface area contributed by atoms with Crippen LogP contribution in [0.25, 0.3) is 27.7 Å². The lowest BCUT2D eigenvalue weighted by molar-refractivity contribution is 0.107. The number of nitrogens with one attached hydrogen (secondary N) is 2. The lowest BCUT2D eigenvalue weighted by atomic mass is 9.90. The molecule has 0 amide bonds. The summed E-state index contributed by atoms with van der Waals surface area (Å²) in [5.74, 6) is 0. The van der Waals surface area contributed by atoms with Gasteiger partial charge in [0, 0.05) is 67.3 Å². The van der Waals surface area contributed by atoms with Crippen molar-refractivity contribution in [3.63, 3.8) is 0 Å². The van der Waals surface area contributed by atoms with E-state index in [4.69, 9.17) is 0 Å². The first-order valence-electron chi connectivity index (χ1n) is 9.86. The monoisotopic (exact) mass is 362 g/mol. The Hall–Kier alpha value is -2.44. The number of likely N-dealkylation sites (N-methyl/N-ethyl adjacent to an activating group) is 1. The molecule has 3 aromatic rings. The first-order valence-corrected chi connectivity index (χ1v) is 9.86. The van der Waals surface area contributed by atoms with Crippen LogP contribution in [0.1, 0.15) is 24.8 Å². The predicted octanol–water partition coefficient (Wildman–Crippen LogP) is 3.14. The Balaban J connectivity index is 1.37.